The standard InChI is InChI=1S/C31H30F2N4O3/c1-30(12-8-5-11-25(30)38)28-23-9-3-4-10-24(23)34-19-26(35-28)36-29(40)31(13-6-2-7-14-31)37-27(39)17-20-15-21(32)18-22(33)16-20/h3-5,8-12,15-16,18-19,26H,2,6-7,13-14,17H2,1H3,(H,36,40)(H,37,39)/t26-,30?/m1/s1. The number of halogens is 2. The third-order valence-electron chi connectivity index (χ3n) is 7.66. The van der Waals surface area contributed by atoms with Crippen LogP contribution in [0.2, 0.25) is 0 Å². The quantitative estimate of drug-likeness (QED) is 0.553. The summed E-state index contributed by atoms with van der Waals surface area (Å²) in [7, 11) is 0. The summed E-state index contributed by atoms with van der Waals surface area (Å²) in [6.45, 7) is 1.78. The molecule has 1 fully saturated rings. The lowest BCUT2D eigenvalue weighted by Gasteiger charge is -2.37. The number of fused-ring (bicyclic) bond motifs is 1. The van der Waals surface area contributed by atoms with Crippen LogP contribution in [0.4, 0.5) is 14.5 Å². The lowest BCUT2D eigenvalue weighted by Crippen LogP contribution is -2.61. The van der Waals surface area contributed by atoms with E-state index in [0.29, 0.717) is 29.8 Å². The molecule has 206 valence electrons. The van der Waals surface area contributed by atoms with Crippen molar-refractivity contribution in [2.24, 2.45) is 15.4 Å². The van der Waals surface area contributed by atoms with E-state index >= 15 is 0 Å². The summed E-state index contributed by atoms with van der Waals surface area (Å²) in [5.74, 6) is -2.62. The molecular weight excluding hydrogens is 514 g/mol. The maximum absolute atomic E-state index is 13.8. The van der Waals surface area contributed by atoms with E-state index in [1.54, 1.807) is 25.2 Å². The number of nitrogens with zero attached hydrogens (tertiary/aromatic N) is 2. The number of carbonyl (C=O) groups excluding carboxylic acids is 3. The monoisotopic (exact) mass is 544 g/mol. The van der Waals surface area contributed by atoms with Gasteiger partial charge in [0.15, 0.2) is 11.9 Å². The average Bonchev–Trinajstić information content (AvgIpc) is 3.10. The minimum atomic E-state index is -1.21. The summed E-state index contributed by atoms with van der Waals surface area (Å²) >= 11 is 0. The van der Waals surface area contributed by atoms with Crippen molar-refractivity contribution >= 4 is 35.2 Å². The Hall–Kier alpha value is -4.27. The Bertz CT molecular complexity index is 1450. The molecule has 3 aliphatic rings. The first kappa shape index (κ1) is 27.3. The molecule has 0 aromatic heterocycles. The predicted molar refractivity (Wildman–Crippen MR) is 148 cm³/mol. The first-order chi connectivity index (χ1) is 19.2. The van der Waals surface area contributed by atoms with Crippen LogP contribution < -0.4 is 10.6 Å². The fraction of sp³-hybridized carbons (Fsp3) is 0.323. The van der Waals surface area contributed by atoms with Gasteiger partial charge in [0, 0.05) is 17.8 Å². The van der Waals surface area contributed by atoms with E-state index in [1.807, 2.05) is 24.3 Å². The highest BCUT2D eigenvalue weighted by Gasteiger charge is 2.43. The van der Waals surface area contributed by atoms with Crippen LogP contribution in [0.25, 0.3) is 0 Å². The number of rotatable bonds is 6. The van der Waals surface area contributed by atoms with Gasteiger partial charge in [-0.15, -0.1) is 0 Å². The lowest BCUT2D eigenvalue weighted by atomic mass is 9.75. The fourth-order valence-corrected chi connectivity index (χ4v) is 5.55. The summed E-state index contributed by atoms with van der Waals surface area (Å²) in [4.78, 5) is 49.3. The number of allylic oxidation sites excluding steroid dienone is 4. The van der Waals surface area contributed by atoms with Crippen molar-refractivity contribution in [1.29, 1.82) is 0 Å². The van der Waals surface area contributed by atoms with Crippen LogP contribution in [0, 0.1) is 17.0 Å². The van der Waals surface area contributed by atoms with E-state index in [1.165, 1.54) is 12.3 Å². The normalized spacial score (nSPS) is 23.1. The van der Waals surface area contributed by atoms with Crippen LogP contribution in [0.1, 0.15) is 50.2 Å². The average molecular weight is 545 g/mol. The zero-order valence-corrected chi connectivity index (χ0v) is 22.1. The molecule has 2 N–H and O–H groups in total. The molecular formula is C31H30F2N4O3. The van der Waals surface area contributed by atoms with Crippen molar-refractivity contribution in [3.8, 4) is 0 Å². The minimum absolute atomic E-state index is 0.139. The van der Waals surface area contributed by atoms with Crippen LogP contribution in [0.3, 0.4) is 0 Å². The van der Waals surface area contributed by atoms with Crippen molar-refractivity contribution in [1.82, 2.24) is 10.6 Å². The Balaban J connectivity index is 1.42. The molecule has 7 nitrogen and oxygen atoms in total. The highest BCUT2D eigenvalue weighted by molar-refractivity contribution is 6.24. The van der Waals surface area contributed by atoms with Gasteiger partial charge in [0.1, 0.15) is 17.2 Å². The zero-order chi connectivity index (χ0) is 28.3. The highest BCUT2D eigenvalue weighted by atomic mass is 19.1. The molecule has 2 amide bonds. The highest BCUT2D eigenvalue weighted by Crippen LogP contribution is 2.35. The van der Waals surface area contributed by atoms with E-state index in [0.717, 1.165) is 37.5 Å². The third kappa shape index (κ3) is 5.54. The van der Waals surface area contributed by atoms with Gasteiger partial charge in [-0.05, 0) is 49.6 Å². The molecule has 1 aliphatic heterocycles. The SMILES string of the molecule is CC1(C2=N[C@H](NC(=O)C3(NC(=O)Cc4cc(F)cc(F)c4)CCCCC3)C=Nc3ccccc32)C=CC=CC1=O. The number of hydrogen-bond donors (Lipinski definition) is 2. The van der Waals surface area contributed by atoms with Crippen molar-refractivity contribution in [3.05, 3.63) is 89.5 Å². The summed E-state index contributed by atoms with van der Waals surface area (Å²) in [6, 6.07) is 10.3. The lowest BCUT2D eigenvalue weighted by molar-refractivity contribution is -0.135. The van der Waals surface area contributed by atoms with Crippen LogP contribution in [-0.2, 0) is 20.8 Å². The third-order valence-corrected chi connectivity index (χ3v) is 7.66. The molecule has 0 spiro atoms. The molecule has 9 heteroatoms. The summed E-state index contributed by atoms with van der Waals surface area (Å²) < 4.78 is 27.3. The first-order valence-corrected chi connectivity index (χ1v) is 13.4. The largest absolute Gasteiger partial charge is 0.341 e. The Morgan fingerprint density at radius 3 is 2.48 bits per heavy atom. The van der Waals surface area contributed by atoms with E-state index in [9.17, 15) is 23.2 Å². The predicted octanol–water partition coefficient (Wildman–Crippen LogP) is 4.68. The minimum Gasteiger partial charge on any atom is -0.341 e. The van der Waals surface area contributed by atoms with Gasteiger partial charge in [-0.25, -0.2) is 8.78 Å². The van der Waals surface area contributed by atoms with E-state index in [-0.39, 0.29) is 17.8 Å². The van der Waals surface area contributed by atoms with Gasteiger partial charge in [-0.3, -0.25) is 24.4 Å². The van der Waals surface area contributed by atoms with Gasteiger partial charge < -0.3 is 10.6 Å². The second-order valence-electron chi connectivity index (χ2n) is 10.6. The van der Waals surface area contributed by atoms with Crippen molar-refractivity contribution in [2.75, 3.05) is 0 Å². The second kappa shape index (κ2) is 11.1. The maximum atomic E-state index is 13.8. The van der Waals surface area contributed by atoms with Crippen LogP contribution in [0.5, 0.6) is 0 Å². The molecule has 2 aromatic carbocycles. The van der Waals surface area contributed by atoms with Gasteiger partial charge in [0.05, 0.1) is 23.2 Å². The topological polar surface area (TPSA) is 100.0 Å². The van der Waals surface area contributed by atoms with Gasteiger partial charge in [0.25, 0.3) is 0 Å². The molecule has 1 saturated carbocycles. The zero-order valence-electron chi connectivity index (χ0n) is 22.1. The molecule has 0 bridgehead atoms. The van der Waals surface area contributed by atoms with Gasteiger partial charge >= 0.3 is 0 Å². The number of amides is 2. The molecule has 2 atom stereocenters. The van der Waals surface area contributed by atoms with Crippen molar-refractivity contribution in [3.63, 3.8) is 0 Å². The van der Waals surface area contributed by atoms with Crippen LogP contribution in [-0.4, -0.2) is 41.2 Å². The Kier molecular flexibility index (Phi) is 7.56. The molecule has 2 aliphatic carbocycles. The van der Waals surface area contributed by atoms with Crippen molar-refractivity contribution < 1.29 is 23.2 Å². The fourth-order valence-electron chi connectivity index (χ4n) is 5.55. The van der Waals surface area contributed by atoms with Gasteiger partial charge in [-0.1, -0.05) is 55.7 Å². The summed E-state index contributed by atoms with van der Waals surface area (Å²) in [6.07, 6.45) is 10.3. The Morgan fingerprint density at radius 2 is 1.75 bits per heavy atom. The second-order valence-corrected chi connectivity index (χ2v) is 10.6. The van der Waals surface area contributed by atoms with Crippen LogP contribution in [0.15, 0.2) is 76.8 Å². The molecule has 2 aromatic rings. The van der Waals surface area contributed by atoms with Gasteiger partial charge in [-0.2, -0.15) is 0 Å². The van der Waals surface area contributed by atoms with E-state index < -0.39 is 40.6 Å². The van der Waals surface area contributed by atoms with E-state index in [4.69, 9.17) is 4.99 Å². The van der Waals surface area contributed by atoms with Crippen molar-refractivity contribution in [2.45, 2.75) is 57.2 Å². The number of benzene rings is 2. The molecule has 1 unspecified atom stereocenters. The number of ketones is 1. The number of hydrogen-bond acceptors (Lipinski definition) is 5. The summed E-state index contributed by atoms with van der Waals surface area (Å²) in [5, 5.41) is 5.80. The summed E-state index contributed by atoms with van der Waals surface area (Å²) in [5.41, 5.74) is -0.300. The molecule has 5 rings (SSSR count). The Labute approximate surface area is 231 Å². The first-order valence-electron chi connectivity index (χ1n) is 13.4. The molecule has 0 saturated heterocycles. The molecule has 1 heterocycles. The molecule has 40 heavy (non-hydrogen) atoms. The maximum Gasteiger partial charge on any atom is 0.247 e. The number of para-hydroxylation sites is 1. The number of nitrogens with one attached hydrogen (secondary N) is 2. The number of aliphatic imine (C=N–C) groups is 2. The smallest absolute Gasteiger partial charge is 0.247 e. The molecule has 0 radical (unpaired) electrons. The number of carbonyl (C=O) groups is 3. The van der Waals surface area contributed by atoms with Gasteiger partial charge in [0.2, 0.25) is 11.8 Å². The van der Waals surface area contributed by atoms with E-state index in [2.05, 4.69) is 15.6 Å². The Morgan fingerprint density at radius 1 is 1.02 bits per heavy atom. The van der Waals surface area contributed by atoms with Crippen LogP contribution >= 0.6 is 0 Å².